The standard InChI is InChI=1S/C8H13N/c1-3-5-6-8-9-7-4-2/h2-3,9H,1,5-8H2. The molecule has 1 nitrogen and oxygen atoms in total. The van der Waals surface area contributed by atoms with Crippen molar-refractivity contribution in [3.8, 4) is 12.3 Å². The summed E-state index contributed by atoms with van der Waals surface area (Å²) in [5, 5.41) is 3.09. The van der Waals surface area contributed by atoms with E-state index in [1.807, 2.05) is 6.08 Å². The number of hydrogen-bond donors (Lipinski definition) is 1. The first-order chi connectivity index (χ1) is 4.41. The van der Waals surface area contributed by atoms with Crippen LogP contribution in [0.5, 0.6) is 0 Å². The lowest BCUT2D eigenvalue weighted by molar-refractivity contribution is 0.707. The SMILES string of the molecule is C#CCNCCCC=C. The van der Waals surface area contributed by atoms with Crippen molar-refractivity contribution in [2.24, 2.45) is 0 Å². The van der Waals surface area contributed by atoms with E-state index in [2.05, 4.69) is 17.8 Å². The largest absolute Gasteiger partial charge is 0.306 e. The molecular weight excluding hydrogens is 110 g/mol. The fourth-order valence-corrected chi connectivity index (χ4v) is 0.532. The first-order valence-corrected chi connectivity index (χ1v) is 3.17. The van der Waals surface area contributed by atoms with Crippen molar-refractivity contribution >= 4 is 0 Å². The van der Waals surface area contributed by atoms with Gasteiger partial charge in [0.25, 0.3) is 0 Å². The third kappa shape index (κ3) is 7.26. The second-order valence-electron chi connectivity index (χ2n) is 1.81. The number of allylic oxidation sites excluding steroid dienone is 1. The molecule has 0 saturated heterocycles. The molecular formula is C8H13N. The summed E-state index contributed by atoms with van der Waals surface area (Å²) in [6.45, 7) is 5.28. The van der Waals surface area contributed by atoms with Gasteiger partial charge in [-0.25, -0.2) is 0 Å². The van der Waals surface area contributed by atoms with Gasteiger partial charge in [0.15, 0.2) is 0 Å². The lowest BCUT2D eigenvalue weighted by atomic mass is 10.3. The molecule has 0 aliphatic rings. The van der Waals surface area contributed by atoms with Crippen LogP contribution in [0.2, 0.25) is 0 Å². The lowest BCUT2D eigenvalue weighted by Crippen LogP contribution is -2.14. The molecule has 0 spiro atoms. The molecule has 9 heavy (non-hydrogen) atoms. The van der Waals surface area contributed by atoms with Crippen LogP contribution in [0.3, 0.4) is 0 Å². The van der Waals surface area contributed by atoms with Crippen molar-refractivity contribution in [3.05, 3.63) is 12.7 Å². The van der Waals surface area contributed by atoms with Gasteiger partial charge in [0, 0.05) is 0 Å². The maximum Gasteiger partial charge on any atom is 0.0573 e. The highest BCUT2D eigenvalue weighted by molar-refractivity contribution is 4.86. The van der Waals surface area contributed by atoms with E-state index in [4.69, 9.17) is 6.42 Å². The van der Waals surface area contributed by atoms with Gasteiger partial charge >= 0.3 is 0 Å². The Labute approximate surface area is 57.2 Å². The van der Waals surface area contributed by atoms with E-state index in [1.54, 1.807) is 0 Å². The van der Waals surface area contributed by atoms with E-state index in [9.17, 15) is 0 Å². The summed E-state index contributed by atoms with van der Waals surface area (Å²) in [4.78, 5) is 0. The minimum Gasteiger partial charge on any atom is -0.306 e. The summed E-state index contributed by atoms with van der Waals surface area (Å²) >= 11 is 0. The van der Waals surface area contributed by atoms with Gasteiger partial charge in [0.1, 0.15) is 0 Å². The van der Waals surface area contributed by atoms with Crippen LogP contribution in [0.4, 0.5) is 0 Å². The Morgan fingerprint density at radius 2 is 2.44 bits per heavy atom. The minimum absolute atomic E-state index is 0.678. The number of rotatable bonds is 5. The maximum absolute atomic E-state index is 5.01. The first kappa shape index (κ1) is 8.26. The summed E-state index contributed by atoms with van der Waals surface area (Å²) in [6.07, 6.45) is 9.12. The van der Waals surface area contributed by atoms with E-state index in [-0.39, 0.29) is 0 Å². The van der Waals surface area contributed by atoms with Crippen LogP contribution in [0.1, 0.15) is 12.8 Å². The summed E-state index contributed by atoms with van der Waals surface area (Å²) in [5.41, 5.74) is 0. The molecule has 0 unspecified atom stereocenters. The van der Waals surface area contributed by atoms with Crippen molar-refractivity contribution in [1.82, 2.24) is 5.32 Å². The van der Waals surface area contributed by atoms with E-state index in [1.165, 1.54) is 0 Å². The van der Waals surface area contributed by atoms with E-state index in [0.29, 0.717) is 6.54 Å². The predicted octanol–water partition coefficient (Wildman–Crippen LogP) is 1.18. The minimum atomic E-state index is 0.678. The maximum atomic E-state index is 5.01. The molecule has 0 aromatic rings. The molecule has 0 amide bonds. The van der Waals surface area contributed by atoms with Crippen molar-refractivity contribution in [3.63, 3.8) is 0 Å². The molecule has 1 N–H and O–H groups in total. The van der Waals surface area contributed by atoms with Gasteiger partial charge in [-0.1, -0.05) is 12.0 Å². The third-order valence-electron chi connectivity index (χ3n) is 0.989. The molecule has 50 valence electrons. The highest BCUT2D eigenvalue weighted by Gasteiger charge is 1.80. The van der Waals surface area contributed by atoms with E-state index < -0.39 is 0 Å². The second kappa shape index (κ2) is 7.26. The molecule has 0 atom stereocenters. The van der Waals surface area contributed by atoms with E-state index >= 15 is 0 Å². The van der Waals surface area contributed by atoms with Gasteiger partial charge in [-0.15, -0.1) is 13.0 Å². The predicted molar refractivity (Wildman–Crippen MR) is 41.1 cm³/mol. The zero-order valence-electron chi connectivity index (χ0n) is 5.69. The number of terminal acetylenes is 1. The molecule has 0 saturated carbocycles. The van der Waals surface area contributed by atoms with Gasteiger partial charge < -0.3 is 5.32 Å². The monoisotopic (exact) mass is 123 g/mol. The Balaban J connectivity index is 2.76. The summed E-state index contributed by atoms with van der Waals surface area (Å²) in [5.74, 6) is 2.51. The summed E-state index contributed by atoms with van der Waals surface area (Å²) < 4.78 is 0. The molecule has 0 fully saturated rings. The van der Waals surface area contributed by atoms with Gasteiger partial charge in [0.05, 0.1) is 6.54 Å². The van der Waals surface area contributed by atoms with Crippen LogP contribution in [0, 0.1) is 12.3 Å². The highest BCUT2D eigenvalue weighted by Crippen LogP contribution is 1.84. The molecule has 0 bridgehead atoms. The fraction of sp³-hybridized carbons (Fsp3) is 0.500. The Hall–Kier alpha value is -0.740. The van der Waals surface area contributed by atoms with Gasteiger partial charge in [-0.2, -0.15) is 0 Å². The van der Waals surface area contributed by atoms with Gasteiger partial charge in [-0.3, -0.25) is 0 Å². The van der Waals surface area contributed by atoms with Crippen LogP contribution < -0.4 is 5.32 Å². The lowest BCUT2D eigenvalue weighted by Gasteiger charge is -1.95. The molecule has 1 heteroatoms. The van der Waals surface area contributed by atoms with Gasteiger partial charge in [-0.05, 0) is 19.4 Å². The first-order valence-electron chi connectivity index (χ1n) is 3.17. The Bertz CT molecular complexity index is 99.6. The molecule has 0 rings (SSSR count). The number of unbranched alkanes of at least 4 members (excludes halogenated alkanes) is 1. The number of nitrogens with one attached hydrogen (secondary N) is 1. The van der Waals surface area contributed by atoms with Crippen LogP contribution >= 0.6 is 0 Å². The molecule has 0 aromatic heterocycles. The Morgan fingerprint density at radius 1 is 1.67 bits per heavy atom. The zero-order valence-corrected chi connectivity index (χ0v) is 5.69. The van der Waals surface area contributed by atoms with Gasteiger partial charge in [0.2, 0.25) is 0 Å². The Kier molecular flexibility index (Phi) is 6.66. The molecule has 0 heterocycles. The molecule has 0 radical (unpaired) electrons. The summed E-state index contributed by atoms with van der Waals surface area (Å²) in [6, 6.07) is 0. The third-order valence-corrected chi connectivity index (χ3v) is 0.989. The van der Waals surface area contributed by atoms with Crippen molar-refractivity contribution < 1.29 is 0 Å². The highest BCUT2D eigenvalue weighted by atomic mass is 14.8. The van der Waals surface area contributed by atoms with Crippen LogP contribution in [-0.2, 0) is 0 Å². The summed E-state index contributed by atoms with van der Waals surface area (Å²) in [7, 11) is 0. The fourth-order valence-electron chi connectivity index (χ4n) is 0.532. The Morgan fingerprint density at radius 3 is 3.00 bits per heavy atom. The average Bonchev–Trinajstić information content (AvgIpc) is 1.89. The molecule has 0 aliphatic carbocycles. The van der Waals surface area contributed by atoms with Crippen molar-refractivity contribution in [2.75, 3.05) is 13.1 Å². The van der Waals surface area contributed by atoms with E-state index in [0.717, 1.165) is 19.4 Å². The average molecular weight is 123 g/mol. The van der Waals surface area contributed by atoms with Crippen LogP contribution in [0.25, 0.3) is 0 Å². The van der Waals surface area contributed by atoms with Crippen LogP contribution in [-0.4, -0.2) is 13.1 Å². The topological polar surface area (TPSA) is 12.0 Å². The van der Waals surface area contributed by atoms with Crippen molar-refractivity contribution in [2.45, 2.75) is 12.8 Å². The molecule has 0 aliphatic heterocycles. The quantitative estimate of drug-likeness (QED) is 0.329. The van der Waals surface area contributed by atoms with Crippen molar-refractivity contribution in [1.29, 1.82) is 0 Å². The normalized spacial score (nSPS) is 8.33. The zero-order chi connectivity index (χ0) is 6.95. The smallest absolute Gasteiger partial charge is 0.0573 e. The second-order valence-corrected chi connectivity index (χ2v) is 1.81. The van der Waals surface area contributed by atoms with Crippen LogP contribution in [0.15, 0.2) is 12.7 Å². The molecule has 0 aromatic carbocycles. The number of hydrogen-bond acceptors (Lipinski definition) is 1.